The number of nitrogens with zero attached hydrogens (tertiary/aromatic N) is 2. The first-order valence-electron chi connectivity index (χ1n) is 8.62. The largest absolute Gasteiger partial charge is 0.350 e. The third-order valence-electron chi connectivity index (χ3n) is 5.05. The Morgan fingerprint density at radius 1 is 1.21 bits per heavy atom. The predicted octanol–water partition coefficient (Wildman–Crippen LogP) is 1.59. The second kappa shape index (κ2) is 6.81. The Morgan fingerprint density at radius 2 is 2.00 bits per heavy atom. The average molecular weight is 330 g/mol. The Balaban J connectivity index is 1.71. The topological polar surface area (TPSA) is 64.7 Å². The van der Waals surface area contributed by atoms with Gasteiger partial charge in [-0.2, -0.15) is 0 Å². The number of nitrogens with one attached hydrogen (secondary N) is 2. The van der Waals surface area contributed by atoms with E-state index in [-0.39, 0.29) is 23.9 Å². The maximum absolute atomic E-state index is 12.7. The maximum Gasteiger partial charge on any atom is 0.321 e. The number of aryl methyl sites for hydroxylation is 2. The standard InChI is InChI=1S/C18H26N4O2/c1-4-21-8-14-9-22(11-16(10-21)19-17(14)23)18(24)20-15-6-5-12(2)13(3)7-15/h5-7,14,16H,4,8-11H2,1-3H3,(H,19,23)(H,20,24). The molecule has 2 heterocycles. The molecule has 2 aliphatic heterocycles. The van der Waals surface area contributed by atoms with Crippen LogP contribution in [0, 0.1) is 19.8 Å². The molecule has 0 aromatic heterocycles. The molecule has 2 fully saturated rings. The van der Waals surface area contributed by atoms with E-state index >= 15 is 0 Å². The van der Waals surface area contributed by atoms with Crippen molar-refractivity contribution in [1.29, 1.82) is 0 Å². The maximum atomic E-state index is 12.7. The number of hydrogen-bond donors (Lipinski definition) is 2. The number of hydrogen-bond acceptors (Lipinski definition) is 3. The molecule has 130 valence electrons. The summed E-state index contributed by atoms with van der Waals surface area (Å²) in [6.45, 7) is 9.65. The minimum Gasteiger partial charge on any atom is -0.350 e. The zero-order chi connectivity index (χ0) is 17.3. The van der Waals surface area contributed by atoms with Gasteiger partial charge in [0.15, 0.2) is 0 Å². The third kappa shape index (κ3) is 3.53. The smallest absolute Gasteiger partial charge is 0.321 e. The molecule has 2 aliphatic rings. The molecule has 2 bridgehead atoms. The van der Waals surface area contributed by atoms with Gasteiger partial charge in [0.1, 0.15) is 0 Å². The van der Waals surface area contributed by atoms with Gasteiger partial charge < -0.3 is 20.4 Å². The normalized spacial score (nSPS) is 24.3. The highest BCUT2D eigenvalue weighted by Gasteiger charge is 2.36. The van der Waals surface area contributed by atoms with Crippen LogP contribution in [0.2, 0.25) is 0 Å². The van der Waals surface area contributed by atoms with Crippen LogP contribution in [0.1, 0.15) is 18.1 Å². The van der Waals surface area contributed by atoms with Crippen molar-refractivity contribution in [2.45, 2.75) is 26.8 Å². The van der Waals surface area contributed by atoms with E-state index in [0.717, 1.165) is 24.3 Å². The summed E-state index contributed by atoms with van der Waals surface area (Å²) in [6, 6.07) is 5.77. The van der Waals surface area contributed by atoms with Gasteiger partial charge >= 0.3 is 6.03 Å². The molecule has 3 amide bonds. The Bertz CT molecular complexity index is 646. The molecule has 2 atom stereocenters. The van der Waals surface area contributed by atoms with E-state index in [1.807, 2.05) is 32.0 Å². The summed E-state index contributed by atoms with van der Waals surface area (Å²) in [5.74, 6) is -0.0969. The lowest BCUT2D eigenvalue weighted by atomic mass is 10.1. The predicted molar refractivity (Wildman–Crippen MR) is 94.0 cm³/mol. The van der Waals surface area contributed by atoms with Crippen LogP contribution in [0.5, 0.6) is 0 Å². The first-order valence-corrected chi connectivity index (χ1v) is 8.62. The Labute approximate surface area is 143 Å². The minimum absolute atomic E-state index is 0.00421. The van der Waals surface area contributed by atoms with Gasteiger partial charge in [-0.25, -0.2) is 4.79 Å². The second-order valence-corrected chi connectivity index (χ2v) is 6.89. The van der Waals surface area contributed by atoms with E-state index in [1.165, 1.54) is 5.56 Å². The first kappa shape index (κ1) is 16.8. The summed E-state index contributed by atoms with van der Waals surface area (Å²) >= 11 is 0. The summed E-state index contributed by atoms with van der Waals surface area (Å²) in [5.41, 5.74) is 3.15. The van der Waals surface area contributed by atoms with Gasteiger partial charge in [0, 0.05) is 31.9 Å². The van der Waals surface area contributed by atoms with Gasteiger partial charge in [-0.3, -0.25) is 4.79 Å². The molecule has 1 aromatic carbocycles. The Hall–Kier alpha value is -2.08. The fraction of sp³-hybridized carbons (Fsp3) is 0.556. The fourth-order valence-corrected chi connectivity index (χ4v) is 3.44. The van der Waals surface area contributed by atoms with E-state index < -0.39 is 0 Å². The van der Waals surface area contributed by atoms with Crippen LogP contribution in [-0.4, -0.2) is 60.5 Å². The number of carbonyl (C=O) groups excluding carboxylic acids is 2. The van der Waals surface area contributed by atoms with Crippen molar-refractivity contribution in [3.63, 3.8) is 0 Å². The van der Waals surface area contributed by atoms with Gasteiger partial charge in [-0.1, -0.05) is 13.0 Å². The van der Waals surface area contributed by atoms with Gasteiger partial charge in [0.25, 0.3) is 0 Å². The van der Waals surface area contributed by atoms with E-state index in [1.54, 1.807) is 4.90 Å². The summed E-state index contributed by atoms with van der Waals surface area (Å²) < 4.78 is 0. The molecule has 2 saturated heterocycles. The Morgan fingerprint density at radius 3 is 2.71 bits per heavy atom. The van der Waals surface area contributed by atoms with Crippen molar-refractivity contribution in [2.75, 3.05) is 38.0 Å². The highest BCUT2D eigenvalue weighted by molar-refractivity contribution is 5.90. The highest BCUT2D eigenvalue weighted by atomic mass is 16.2. The molecule has 6 nitrogen and oxygen atoms in total. The first-order chi connectivity index (χ1) is 11.5. The molecule has 2 unspecified atom stereocenters. The van der Waals surface area contributed by atoms with E-state index in [0.29, 0.717) is 19.6 Å². The van der Waals surface area contributed by atoms with Gasteiger partial charge in [-0.15, -0.1) is 0 Å². The quantitative estimate of drug-likeness (QED) is 0.865. The van der Waals surface area contributed by atoms with Crippen LogP contribution in [0.4, 0.5) is 10.5 Å². The molecule has 6 heteroatoms. The van der Waals surface area contributed by atoms with Crippen LogP contribution in [0.15, 0.2) is 18.2 Å². The summed E-state index contributed by atoms with van der Waals surface area (Å²) in [5, 5.41) is 6.04. The molecule has 0 spiro atoms. The monoisotopic (exact) mass is 330 g/mol. The molecule has 3 rings (SSSR count). The van der Waals surface area contributed by atoms with E-state index in [9.17, 15) is 9.59 Å². The zero-order valence-corrected chi connectivity index (χ0v) is 14.6. The average Bonchev–Trinajstić information content (AvgIpc) is 2.77. The molecule has 0 saturated carbocycles. The summed E-state index contributed by atoms with van der Waals surface area (Å²) in [6.07, 6.45) is 0. The van der Waals surface area contributed by atoms with E-state index in [2.05, 4.69) is 22.5 Å². The molecule has 0 radical (unpaired) electrons. The zero-order valence-electron chi connectivity index (χ0n) is 14.6. The lowest BCUT2D eigenvalue weighted by Gasteiger charge is -2.32. The number of likely N-dealkylation sites (N-methyl/N-ethyl adjacent to an activating group) is 1. The minimum atomic E-state index is -0.164. The van der Waals surface area contributed by atoms with Gasteiger partial charge in [0.05, 0.1) is 12.0 Å². The van der Waals surface area contributed by atoms with Crippen molar-refractivity contribution in [2.24, 2.45) is 5.92 Å². The number of fused-ring (bicyclic) bond motifs is 3. The van der Waals surface area contributed by atoms with Crippen LogP contribution in [0.25, 0.3) is 0 Å². The number of carbonyl (C=O) groups is 2. The lowest BCUT2D eigenvalue weighted by Crippen LogP contribution is -2.50. The fourth-order valence-electron chi connectivity index (χ4n) is 3.44. The van der Waals surface area contributed by atoms with Crippen LogP contribution in [-0.2, 0) is 4.79 Å². The van der Waals surface area contributed by atoms with Gasteiger partial charge in [0.2, 0.25) is 5.91 Å². The van der Waals surface area contributed by atoms with Gasteiger partial charge in [-0.05, 0) is 43.7 Å². The second-order valence-electron chi connectivity index (χ2n) is 6.89. The molecule has 0 aliphatic carbocycles. The van der Waals surface area contributed by atoms with Crippen molar-refractivity contribution < 1.29 is 9.59 Å². The number of amides is 3. The van der Waals surface area contributed by atoms with Crippen LogP contribution in [0.3, 0.4) is 0 Å². The molecule has 2 N–H and O–H groups in total. The van der Waals surface area contributed by atoms with Crippen LogP contribution < -0.4 is 10.6 Å². The molecule has 1 aromatic rings. The number of benzene rings is 1. The number of anilines is 1. The molecular weight excluding hydrogens is 304 g/mol. The lowest BCUT2D eigenvalue weighted by molar-refractivity contribution is -0.124. The Kier molecular flexibility index (Phi) is 4.76. The SMILES string of the molecule is CCN1CC2CN(C(=O)Nc3ccc(C)c(C)c3)CC(C1)C(=O)N2. The summed E-state index contributed by atoms with van der Waals surface area (Å²) in [7, 11) is 0. The van der Waals surface area contributed by atoms with Crippen molar-refractivity contribution in [3.8, 4) is 0 Å². The summed E-state index contributed by atoms with van der Waals surface area (Å²) in [4.78, 5) is 29.0. The number of urea groups is 1. The van der Waals surface area contributed by atoms with Crippen molar-refractivity contribution >= 4 is 17.6 Å². The molecule has 24 heavy (non-hydrogen) atoms. The van der Waals surface area contributed by atoms with Crippen LogP contribution >= 0.6 is 0 Å². The third-order valence-corrected chi connectivity index (χ3v) is 5.05. The van der Waals surface area contributed by atoms with E-state index in [4.69, 9.17) is 0 Å². The van der Waals surface area contributed by atoms with Crippen molar-refractivity contribution in [1.82, 2.24) is 15.1 Å². The number of rotatable bonds is 2. The van der Waals surface area contributed by atoms with Crippen molar-refractivity contribution in [3.05, 3.63) is 29.3 Å². The highest BCUT2D eigenvalue weighted by Crippen LogP contribution is 2.18. The molecular formula is C18H26N4O2.